The number of carbonyl (C=O) groups is 2. The zero-order valence-corrected chi connectivity index (χ0v) is 17.9. The molecular formula is C20H16F3N3O6S. The topological polar surface area (TPSA) is 117 Å². The molecule has 1 aromatic heterocycles. The summed E-state index contributed by atoms with van der Waals surface area (Å²) >= 11 is 0. The minimum atomic E-state index is -4.76. The van der Waals surface area contributed by atoms with Gasteiger partial charge in [-0.3, -0.25) is 4.72 Å². The number of hydrogen-bond acceptors (Lipinski definition) is 7. The molecular weight excluding hydrogens is 467 g/mol. The second kappa shape index (κ2) is 8.94. The summed E-state index contributed by atoms with van der Waals surface area (Å²) < 4.78 is 78.6. The molecule has 0 spiro atoms. The molecule has 0 saturated heterocycles. The SMILES string of the molecule is COC(=O)c1ccc(C(=O)OC)c(S(=O)(=O)Nc2cc(C(F)(F)F)ccc2-n2cccn2)c1. The predicted molar refractivity (Wildman–Crippen MR) is 108 cm³/mol. The van der Waals surface area contributed by atoms with Crippen LogP contribution in [0.5, 0.6) is 0 Å². The molecule has 0 unspecified atom stereocenters. The highest BCUT2D eigenvalue weighted by atomic mass is 32.2. The van der Waals surface area contributed by atoms with E-state index >= 15 is 0 Å². The molecule has 13 heteroatoms. The Morgan fingerprint density at radius 1 is 1.03 bits per heavy atom. The van der Waals surface area contributed by atoms with Crippen molar-refractivity contribution < 1.29 is 40.7 Å². The Morgan fingerprint density at radius 2 is 1.73 bits per heavy atom. The largest absolute Gasteiger partial charge is 0.465 e. The average Bonchev–Trinajstić information content (AvgIpc) is 3.31. The van der Waals surface area contributed by atoms with Crippen LogP contribution >= 0.6 is 0 Å². The molecule has 0 radical (unpaired) electrons. The van der Waals surface area contributed by atoms with Gasteiger partial charge in [-0.1, -0.05) is 0 Å². The molecule has 0 fully saturated rings. The number of nitrogens with one attached hydrogen (secondary N) is 1. The number of ether oxygens (including phenoxy) is 2. The number of anilines is 1. The van der Waals surface area contributed by atoms with E-state index in [1.54, 1.807) is 0 Å². The van der Waals surface area contributed by atoms with E-state index in [-0.39, 0.29) is 11.3 Å². The van der Waals surface area contributed by atoms with Gasteiger partial charge < -0.3 is 9.47 Å². The number of rotatable bonds is 6. The maximum Gasteiger partial charge on any atom is 0.416 e. The van der Waals surface area contributed by atoms with Gasteiger partial charge in [-0.2, -0.15) is 18.3 Å². The first-order chi connectivity index (χ1) is 15.5. The lowest BCUT2D eigenvalue weighted by Crippen LogP contribution is -2.20. The zero-order chi connectivity index (χ0) is 24.4. The number of esters is 2. The van der Waals surface area contributed by atoms with Crippen molar-refractivity contribution in [2.45, 2.75) is 11.1 Å². The first-order valence-electron chi connectivity index (χ1n) is 9.02. The number of alkyl halides is 3. The van der Waals surface area contributed by atoms with Crippen LogP contribution < -0.4 is 4.72 Å². The van der Waals surface area contributed by atoms with Crippen LogP contribution in [0.15, 0.2) is 59.8 Å². The number of benzene rings is 2. The van der Waals surface area contributed by atoms with Crippen LogP contribution in [0, 0.1) is 0 Å². The van der Waals surface area contributed by atoms with Crippen LogP contribution in [0.25, 0.3) is 5.69 Å². The second-order valence-electron chi connectivity index (χ2n) is 6.48. The monoisotopic (exact) mass is 483 g/mol. The molecule has 3 rings (SSSR count). The van der Waals surface area contributed by atoms with Crippen LogP contribution in [-0.2, 0) is 25.7 Å². The summed E-state index contributed by atoms with van der Waals surface area (Å²) in [5.41, 5.74) is -2.24. The van der Waals surface area contributed by atoms with E-state index in [1.165, 1.54) is 18.5 Å². The van der Waals surface area contributed by atoms with E-state index < -0.39 is 49.8 Å². The van der Waals surface area contributed by atoms with E-state index in [0.717, 1.165) is 49.2 Å². The Kier molecular flexibility index (Phi) is 6.44. The fraction of sp³-hybridized carbons (Fsp3) is 0.150. The maximum absolute atomic E-state index is 13.3. The number of hydrogen-bond donors (Lipinski definition) is 1. The third kappa shape index (κ3) is 4.98. The molecule has 9 nitrogen and oxygen atoms in total. The van der Waals surface area contributed by atoms with Gasteiger partial charge in [0, 0.05) is 12.4 Å². The number of carbonyl (C=O) groups excluding carboxylic acids is 2. The third-order valence-electron chi connectivity index (χ3n) is 4.42. The van der Waals surface area contributed by atoms with Crippen molar-refractivity contribution in [3.63, 3.8) is 0 Å². The number of halogens is 3. The van der Waals surface area contributed by atoms with Gasteiger partial charge in [0.15, 0.2) is 0 Å². The molecule has 1 N–H and O–H groups in total. The van der Waals surface area contributed by atoms with Crippen LogP contribution in [0.4, 0.5) is 18.9 Å². The molecule has 0 amide bonds. The predicted octanol–water partition coefficient (Wildman–Crippen LogP) is 3.27. The van der Waals surface area contributed by atoms with Crippen molar-refractivity contribution in [1.29, 1.82) is 0 Å². The van der Waals surface area contributed by atoms with E-state index in [1.807, 2.05) is 0 Å². The van der Waals surface area contributed by atoms with Gasteiger partial charge in [-0.15, -0.1) is 0 Å². The Bertz CT molecular complexity index is 1310. The first kappa shape index (κ1) is 23.8. The molecule has 3 aromatic rings. The zero-order valence-electron chi connectivity index (χ0n) is 17.1. The molecule has 33 heavy (non-hydrogen) atoms. The second-order valence-corrected chi connectivity index (χ2v) is 8.13. The van der Waals surface area contributed by atoms with Gasteiger partial charge in [0.1, 0.15) is 4.90 Å². The third-order valence-corrected chi connectivity index (χ3v) is 5.82. The standard InChI is InChI=1S/C20H16F3N3O6S/c1-31-18(27)12-4-6-14(19(28)32-2)17(10-12)33(29,30)25-15-11-13(20(21,22)23)5-7-16(15)26-9-3-8-24-26/h3-11,25H,1-2H3. The van der Waals surface area contributed by atoms with E-state index in [2.05, 4.69) is 19.3 Å². The average molecular weight is 483 g/mol. The number of aromatic nitrogens is 2. The highest BCUT2D eigenvalue weighted by Gasteiger charge is 2.32. The van der Waals surface area contributed by atoms with Gasteiger partial charge in [-0.05, 0) is 42.5 Å². The fourth-order valence-corrected chi connectivity index (χ4v) is 4.16. The first-order valence-corrected chi connectivity index (χ1v) is 10.5. The van der Waals surface area contributed by atoms with Crippen molar-refractivity contribution >= 4 is 27.6 Å². The molecule has 0 atom stereocenters. The van der Waals surface area contributed by atoms with Crippen molar-refractivity contribution in [1.82, 2.24) is 9.78 Å². The Morgan fingerprint density at radius 3 is 2.30 bits per heavy atom. The van der Waals surface area contributed by atoms with Gasteiger partial charge in [0.25, 0.3) is 10.0 Å². The number of methoxy groups -OCH3 is 2. The minimum Gasteiger partial charge on any atom is -0.465 e. The highest BCUT2D eigenvalue weighted by Crippen LogP contribution is 2.34. The van der Waals surface area contributed by atoms with Crippen LogP contribution in [-0.4, -0.2) is 44.4 Å². The molecule has 0 bridgehead atoms. The number of nitrogens with zero attached hydrogens (tertiary/aromatic N) is 2. The summed E-state index contributed by atoms with van der Waals surface area (Å²) in [6.45, 7) is 0. The molecule has 0 aliphatic carbocycles. The van der Waals surface area contributed by atoms with Gasteiger partial charge in [0.05, 0.1) is 42.3 Å². The molecule has 0 aliphatic rings. The van der Waals surface area contributed by atoms with Gasteiger partial charge in [0.2, 0.25) is 0 Å². The molecule has 174 valence electrons. The summed E-state index contributed by atoms with van der Waals surface area (Å²) in [6, 6.07) is 6.94. The molecule has 0 aliphatic heterocycles. The van der Waals surface area contributed by atoms with Crippen molar-refractivity contribution in [3.8, 4) is 5.69 Å². The van der Waals surface area contributed by atoms with E-state index in [9.17, 15) is 31.2 Å². The molecule has 0 saturated carbocycles. The van der Waals surface area contributed by atoms with E-state index in [0.29, 0.717) is 6.07 Å². The van der Waals surface area contributed by atoms with Crippen LogP contribution in [0.2, 0.25) is 0 Å². The Labute approximate surface area is 185 Å². The quantitative estimate of drug-likeness (QED) is 0.535. The number of sulfonamides is 1. The van der Waals surface area contributed by atoms with Crippen molar-refractivity contribution in [3.05, 3.63) is 71.5 Å². The highest BCUT2D eigenvalue weighted by molar-refractivity contribution is 7.92. The summed E-state index contributed by atoms with van der Waals surface area (Å²) in [5, 5.41) is 3.91. The smallest absolute Gasteiger partial charge is 0.416 e. The molecule has 2 aromatic carbocycles. The van der Waals surface area contributed by atoms with Crippen LogP contribution in [0.1, 0.15) is 26.3 Å². The van der Waals surface area contributed by atoms with Crippen LogP contribution in [0.3, 0.4) is 0 Å². The minimum absolute atomic E-state index is 0.0136. The lowest BCUT2D eigenvalue weighted by atomic mass is 10.1. The Hall–Kier alpha value is -3.87. The lowest BCUT2D eigenvalue weighted by molar-refractivity contribution is -0.137. The summed E-state index contributed by atoms with van der Waals surface area (Å²) in [5.74, 6) is -1.93. The van der Waals surface area contributed by atoms with Crippen molar-refractivity contribution in [2.75, 3.05) is 18.9 Å². The van der Waals surface area contributed by atoms with Crippen molar-refractivity contribution in [2.24, 2.45) is 0 Å². The summed E-state index contributed by atoms with van der Waals surface area (Å²) in [7, 11) is -2.62. The lowest BCUT2D eigenvalue weighted by Gasteiger charge is -2.17. The van der Waals surface area contributed by atoms with E-state index in [4.69, 9.17) is 0 Å². The van der Waals surface area contributed by atoms with Gasteiger partial charge in [-0.25, -0.2) is 22.7 Å². The summed E-state index contributed by atoms with van der Waals surface area (Å²) in [6.07, 6.45) is -2.01. The Balaban J connectivity index is 2.18. The normalized spacial score (nSPS) is 11.7. The molecule has 1 heterocycles. The van der Waals surface area contributed by atoms with Gasteiger partial charge >= 0.3 is 18.1 Å². The maximum atomic E-state index is 13.3. The summed E-state index contributed by atoms with van der Waals surface area (Å²) in [4.78, 5) is 23.3. The fourth-order valence-electron chi connectivity index (χ4n) is 2.87.